The highest BCUT2D eigenvalue weighted by Gasteiger charge is 2.48. The fourth-order valence-corrected chi connectivity index (χ4v) is 7.12. The minimum atomic E-state index is -5.12. The number of rotatable bonds is 36. The molecule has 0 aromatic heterocycles. The van der Waals surface area contributed by atoms with Crippen molar-refractivity contribution in [2.45, 2.75) is 210 Å². The Morgan fingerprint density at radius 3 is 1.67 bits per heavy atom. The first-order valence-electron chi connectivity index (χ1n) is 22.1. The molecule has 8 unspecified atom stereocenters. The Morgan fingerprint density at radius 2 is 1.16 bits per heavy atom. The standard InChI is InChI=1S/C44H79NO12S/c1-3-5-7-9-11-13-14-15-16-17-18-19-20-21-22-23-24-25-27-28-30-32-37(47)36(45-43(51)38(48)33-31-29-26-12-10-8-6-4-2)35-55-44-41(50)42(57-58(52,53)54)40(49)39(34-46)56-44/h20-21,24-26,29-30,32,36-42,44,46-50H,3-19,22-23,27-28,31,33-35H2,1-2H3,(H,45,51)(H,52,53,54)/b21-20+,25-24+,29-26-,32-30+. The first kappa shape index (κ1) is 54.0. The molecule has 1 amide bonds. The van der Waals surface area contributed by atoms with Crippen LogP contribution < -0.4 is 5.32 Å². The highest BCUT2D eigenvalue weighted by Crippen LogP contribution is 2.26. The molecule has 1 saturated heterocycles. The van der Waals surface area contributed by atoms with Crippen LogP contribution in [-0.4, -0.2) is 107 Å². The number of amides is 1. The van der Waals surface area contributed by atoms with Crippen molar-refractivity contribution in [1.29, 1.82) is 0 Å². The van der Waals surface area contributed by atoms with Crippen molar-refractivity contribution >= 4 is 16.3 Å². The third-order valence-electron chi connectivity index (χ3n) is 10.2. The summed E-state index contributed by atoms with van der Waals surface area (Å²) in [6.07, 6.45) is 29.6. The lowest BCUT2D eigenvalue weighted by Crippen LogP contribution is -2.61. The summed E-state index contributed by atoms with van der Waals surface area (Å²) in [7, 11) is -5.12. The molecule has 338 valence electrons. The molecule has 0 aliphatic carbocycles. The number of hydrogen-bond acceptors (Lipinski definition) is 11. The van der Waals surface area contributed by atoms with E-state index in [0.717, 1.165) is 51.4 Å². The Labute approximate surface area is 350 Å². The molecule has 8 atom stereocenters. The van der Waals surface area contributed by atoms with Crippen molar-refractivity contribution in [3.8, 4) is 0 Å². The number of aliphatic hydroxyl groups excluding tert-OH is 5. The zero-order valence-electron chi connectivity index (χ0n) is 35.5. The average Bonchev–Trinajstić information content (AvgIpc) is 3.19. The Bertz CT molecular complexity index is 1240. The summed E-state index contributed by atoms with van der Waals surface area (Å²) >= 11 is 0. The molecule has 13 nitrogen and oxygen atoms in total. The van der Waals surface area contributed by atoms with E-state index in [2.05, 4.69) is 47.7 Å². The Hall–Kier alpha value is -1.98. The third kappa shape index (κ3) is 27.0. The number of carbonyl (C=O) groups is 1. The number of ether oxygens (including phenoxy) is 2. The fourth-order valence-electron chi connectivity index (χ4n) is 6.61. The van der Waals surface area contributed by atoms with E-state index in [1.54, 1.807) is 6.08 Å². The second-order valence-corrected chi connectivity index (χ2v) is 16.4. The normalized spacial score (nSPS) is 22.1. The predicted molar refractivity (Wildman–Crippen MR) is 228 cm³/mol. The molecule has 14 heteroatoms. The number of hydrogen-bond donors (Lipinski definition) is 7. The van der Waals surface area contributed by atoms with E-state index >= 15 is 0 Å². The van der Waals surface area contributed by atoms with Gasteiger partial charge in [0.1, 0.15) is 30.5 Å². The SMILES string of the molecule is CCCCCC/C=C\CCC(O)C(=O)NC(COC1OC(CO)C(O)C(OS(=O)(=O)O)C1O)C(O)/C=C/CC/C=C/CC/C=C/CCCCCCCCCCCCC. The molecule has 1 heterocycles. The molecule has 1 aliphatic heterocycles. The number of carbonyl (C=O) groups excluding carboxylic acids is 1. The number of nitrogens with one attached hydrogen (secondary N) is 1. The van der Waals surface area contributed by atoms with Gasteiger partial charge in [0.15, 0.2) is 6.29 Å². The molecule has 0 aromatic carbocycles. The van der Waals surface area contributed by atoms with Crippen LogP contribution in [0, 0.1) is 0 Å². The highest BCUT2D eigenvalue weighted by molar-refractivity contribution is 7.80. The van der Waals surface area contributed by atoms with E-state index in [9.17, 15) is 38.7 Å². The van der Waals surface area contributed by atoms with Gasteiger partial charge in [0.05, 0.1) is 25.4 Å². The second-order valence-electron chi connectivity index (χ2n) is 15.4. The summed E-state index contributed by atoms with van der Waals surface area (Å²) < 4.78 is 47.3. The third-order valence-corrected chi connectivity index (χ3v) is 10.6. The van der Waals surface area contributed by atoms with Gasteiger partial charge in [0.2, 0.25) is 5.91 Å². The van der Waals surface area contributed by atoms with Crippen molar-refractivity contribution in [2.24, 2.45) is 0 Å². The van der Waals surface area contributed by atoms with E-state index in [0.29, 0.717) is 12.8 Å². The zero-order chi connectivity index (χ0) is 42.9. The van der Waals surface area contributed by atoms with Crippen LogP contribution in [0.3, 0.4) is 0 Å². The van der Waals surface area contributed by atoms with Crippen molar-refractivity contribution in [3.63, 3.8) is 0 Å². The van der Waals surface area contributed by atoms with Crippen LogP contribution in [0.15, 0.2) is 48.6 Å². The summed E-state index contributed by atoms with van der Waals surface area (Å²) in [5.41, 5.74) is 0. The van der Waals surface area contributed by atoms with Gasteiger partial charge in [-0.1, -0.05) is 146 Å². The summed E-state index contributed by atoms with van der Waals surface area (Å²) in [5.74, 6) is -0.755. The Kier molecular flexibility index (Phi) is 32.3. The lowest BCUT2D eigenvalue weighted by atomic mass is 9.99. The van der Waals surface area contributed by atoms with Gasteiger partial charge in [-0.2, -0.15) is 8.42 Å². The summed E-state index contributed by atoms with van der Waals surface area (Å²) in [6.45, 7) is 3.10. The summed E-state index contributed by atoms with van der Waals surface area (Å²) in [5, 5.41) is 54.8. The van der Waals surface area contributed by atoms with Crippen molar-refractivity contribution in [3.05, 3.63) is 48.6 Å². The summed E-state index contributed by atoms with van der Waals surface area (Å²) in [4.78, 5) is 13.0. The van der Waals surface area contributed by atoms with Crippen LogP contribution in [0.1, 0.15) is 162 Å². The van der Waals surface area contributed by atoms with Crippen molar-refractivity contribution < 1.29 is 57.0 Å². The van der Waals surface area contributed by atoms with Gasteiger partial charge in [-0.25, -0.2) is 4.18 Å². The maximum atomic E-state index is 13.0. The molecule has 0 saturated carbocycles. The van der Waals surface area contributed by atoms with Crippen molar-refractivity contribution in [2.75, 3.05) is 13.2 Å². The van der Waals surface area contributed by atoms with Crippen molar-refractivity contribution in [1.82, 2.24) is 5.32 Å². The maximum Gasteiger partial charge on any atom is 0.397 e. The fraction of sp³-hybridized carbons (Fsp3) is 0.795. The van der Waals surface area contributed by atoms with Gasteiger partial charge in [-0.3, -0.25) is 9.35 Å². The molecule has 1 rings (SSSR count). The van der Waals surface area contributed by atoms with Gasteiger partial charge >= 0.3 is 10.4 Å². The number of allylic oxidation sites excluding steroid dienone is 7. The lowest BCUT2D eigenvalue weighted by Gasteiger charge is -2.41. The first-order chi connectivity index (χ1) is 27.9. The first-order valence-corrected chi connectivity index (χ1v) is 23.5. The predicted octanol–water partition coefficient (Wildman–Crippen LogP) is 7.07. The van der Waals surface area contributed by atoms with E-state index < -0.39 is 78.5 Å². The molecular weight excluding hydrogens is 767 g/mol. The van der Waals surface area contributed by atoms with Crippen LogP contribution in [0.4, 0.5) is 0 Å². The van der Waals surface area contributed by atoms with Gasteiger partial charge in [-0.05, 0) is 64.2 Å². The molecular formula is C44H79NO12S. The van der Waals surface area contributed by atoms with Crippen LogP contribution in [-0.2, 0) is 28.9 Å². The van der Waals surface area contributed by atoms with Crippen LogP contribution in [0.5, 0.6) is 0 Å². The van der Waals surface area contributed by atoms with Crippen LogP contribution in [0.2, 0.25) is 0 Å². The van der Waals surface area contributed by atoms with E-state index in [4.69, 9.17) is 14.0 Å². The number of aliphatic hydroxyl groups is 5. The molecule has 0 aromatic rings. The summed E-state index contributed by atoms with van der Waals surface area (Å²) in [6, 6.07) is -1.16. The monoisotopic (exact) mass is 846 g/mol. The molecule has 1 fully saturated rings. The van der Waals surface area contributed by atoms with Gasteiger partial charge in [0, 0.05) is 0 Å². The molecule has 0 bridgehead atoms. The van der Waals surface area contributed by atoms with Gasteiger partial charge in [-0.15, -0.1) is 0 Å². The minimum absolute atomic E-state index is 0.146. The van der Waals surface area contributed by atoms with Crippen LogP contribution in [0.25, 0.3) is 0 Å². The Balaban J connectivity index is 2.61. The largest absolute Gasteiger partial charge is 0.397 e. The van der Waals surface area contributed by atoms with E-state index in [1.807, 2.05) is 12.2 Å². The topological polar surface area (TPSA) is 212 Å². The molecule has 7 N–H and O–H groups in total. The Morgan fingerprint density at radius 1 is 0.690 bits per heavy atom. The minimum Gasteiger partial charge on any atom is -0.394 e. The lowest BCUT2D eigenvalue weighted by molar-refractivity contribution is -0.298. The van der Waals surface area contributed by atoms with E-state index in [1.165, 1.54) is 83.1 Å². The molecule has 0 spiro atoms. The van der Waals surface area contributed by atoms with Crippen LogP contribution >= 0.6 is 0 Å². The quantitative estimate of drug-likeness (QED) is 0.0192. The maximum absolute atomic E-state index is 13.0. The van der Waals surface area contributed by atoms with Gasteiger partial charge in [0.25, 0.3) is 0 Å². The van der Waals surface area contributed by atoms with Gasteiger partial charge < -0.3 is 40.3 Å². The van der Waals surface area contributed by atoms with E-state index in [-0.39, 0.29) is 6.42 Å². The second kappa shape index (κ2) is 34.7. The smallest absolute Gasteiger partial charge is 0.394 e. The zero-order valence-corrected chi connectivity index (χ0v) is 36.3. The molecule has 1 aliphatic rings. The highest BCUT2D eigenvalue weighted by atomic mass is 32.3. The average molecular weight is 846 g/mol. The molecule has 0 radical (unpaired) electrons. The molecule has 58 heavy (non-hydrogen) atoms. The number of unbranched alkanes of at least 4 members (excludes halogenated alkanes) is 17.